The van der Waals surface area contributed by atoms with Gasteiger partial charge in [0.15, 0.2) is 6.29 Å². The van der Waals surface area contributed by atoms with Crippen LogP contribution in [0.3, 0.4) is 0 Å². The molecule has 0 bridgehead atoms. The van der Waals surface area contributed by atoms with Crippen LogP contribution in [-0.4, -0.2) is 30.2 Å². The Hall–Kier alpha value is -2.64. The Labute approximate surface area is 187 Å². The molecule has 3 rings (SSSR count). The summed E-state index contributed by atoms with van der Waals surface area (Å²) in [5.41, 5.74) is 3.89. The van der Waals surface area contributed by atoms with E-state index in [1.165, 1.54) is 17.3 Å². The Morgan fingerprint density at radius 3 is 2.43 bits per heavy atom. The molecule has 2 aromatic rings. The van der Waals surface area contributed by atoms with Gasteiger partial charge in [-0.25, -0.2) is 0 Å². The molecule has 1 aliphatic rings. The highest BCUT2D eigenvalue weighted by molar-refractivity contribution is 8.26. The predicted molar refractivity (Wildman–Crippen MR) is 130 cm³/mol. The zero-order valence-corrected chi connectivity index (χ0v) is 19.2. The monoisotopic (exact) mass is 442 g/mol. The molecule has 0 spiro atoms. The molecular formula is C23H26N2O3S2. The number of nitrogens with zero attached hydrogens (tertiary/aromatic N) is 1. The van der Waals surface area contributed by atoms with E-state index in [-0.39, 0.29) is 12.5 Å². The highest BCUT2D eigenvalue weighted by atomic mass is 32.2. The molecule has 30 heavy (non-hydrogen) atoms. The van der Waals surface area contributed by atoms with Crippen molar-refractivity contribution in [2.75, 3.05) is 18.6 Å². The number of ether oxygens (including phenoxy) is 1. The Kier molecular flexibility index (Phi) is 9.08. The third-order valence-corrected chi connectivity index (χ3v) is 5.49. The summed E-state index contributed by atoms with van der Waals surface area (Å²) in [6, 6.07) is 13.8. The average Bonchev–Trinajstić information content (AvgIpc) is 3.10. The average molecular weight is 443 g/mol. The minimum Gasteiger partial charge on any atom is -0.484 e. The topological polar surface area (TPSA) is 58.6 Å². The van der Waals surface area contributed by atoms with E-state index in [4.69, 9.17) is 17.0 Å². The quantitative estimate of drug-likeness (QED) is 0.365. The SMILES string of the molecule is CC.CCc1ccc(N(C)c2cc(/C=C3\SC(=S)NC3=O)ccc2OCC=O)cc1. The first-order valence-corrected chi connectivity index (χ1v) is 11.0. The van der Waals surface area contributed by atoms with Crippen LogP contribution in [-0.2, 0) is 16.0 Å². The van der Waals surface area contributed by atoms with Gasteiger partial charge in [0.1, 0.15) is 16.7 Å². The highest BCUT2D eigenvalue weighted by Gasteiger charge is 2.22. The molecule has 0 saturated carbocycles. The standard InChI is InChI=1S/C21H20N2O3S2.C2H6/c1-3-14-4-7-16(8-5-14)23(2)17-12-15(6-9-18(17)26-11-10-24)13-19-20(25)22-21(27)28-19;1-2/h4-10,12-13H,3,11H2,1-2H3,(H,22,25,27);1-2H3/b19-13-;. The maximum absolute atomic E-state index is 11.9. The third-order valence-electron chi connectivity index (χ3n) is 4.32. The van der Waals surface area contributed by atoms with E-state index in [0.29, 0.717) is 15.0 Å². The van der Waals surface area contributed by atoms with E-state index >= 15 is 0 Å². The summed E-state index contributed by atoms with van der Waals surface area (Å²) in [6.07, 6.45) is 3.48. The van der Waals surface area contributed by atoms with Crippen molar-refractivity contribution in [1.82, 2.24) is 5.32 Å². The predicted octanol–water partition coefficient (Wildman–Crippen LogP) is 5.11. The fourth-order valence-corrected chi connectivity index (χ4v) is 3.84. The Morgan fingerprint density at radius 1 is 1.17 bits per heavy atom. The van der Waals surface area contributed by atoms with E-state index in [0.717, 1.165) is 29.6 Å². The molecular weight excluding hydrogens is 416 g/mol. The van der Waals surface area contributed by atoms with Crippen molar-refractivity contribution >= 4 is 57.9 Å². The maximum Gasteiger partial charge on any atom is 0.263 e. The number of thioether (sulfide) groups is 1. The van der Waals surface area contributed by atoms with Crippen LogP contribution in [0.4, 0.5) is 11.4 Å². The minimum absolute atomic E-state index is 0.0252. The molecule has 0 radical (unpaired) electrons. The van der Waals surface area contributed by atoms with E-state index in [2.05, 4.69) is 24.4 Å². The van der Waals surface area contributed by atoms with Crippen molar-refractivity contribution in [3.8, 4) is 5.75 Å². The van der Waals surface area contributed by atoms with Crippen LogP contribution < -0.4 is 15.0 Å². The molecule has 158 valence electrons. The zero-order chi connectivity index (χ0) is 22.1. The van der Waals surface area contributed by atoms with Crippen LogP contribution in [0.1, 0.15) is 31.9 Å². The highest BCUT2D eigenvalue weighted by Crippen LogP contribution is 2.35. The fraction of sp³-hybridized carbons (Fsp3) is 0.261. The molecule has 1 saturated heterocycles. The number of thiocarbonyl (C=S) groups is 1. The summed E-state index contributed by atoms with van der Waals surface area (Å²) >= 11 is 6.28. The van der Waals surface area contributed by atoms with Gasteiger partial charge in [-0.3, -0.25) is 9.59 Å². The van der Waals surface area contributed by atoms with Crippen LogP contribution in [0.25, 0.3) is 6.08 Å². The van der Waals surface area contributed by atoms with Crippen LogP contribution >= 0.6 is 24.0 Å². The largest absolute Gasteiger partial charge is 0.484 e. The number of hydrogen-bond acceptors (Lipinski definition) is 6. The van der Waals surface area contributed by atoms with Gasteiger partial charge in [0, 0.05) is 12.7 Å². The lowest BCUT2D eigenvalue weighted by Crippen LogP contribution is -2.17. The van der Waals surface area contributed by atoms with Gasteiger partial charge in [-0.1, -0.05) is 63.0 Å². The van der Waals surface area contributed by atoms with Gasteiger partial charge in [-0.05, 0) is 47.9 Å². The molecule has 5 nitrogen and oxygen atoms in total. The summed E-state index contributed by atoms with van der Waals surface area (Å²) < 4.78 is 6.06. The molecule has 1 amide bonds. The second-order valence-electron chi connectivity index (χ2n) is 6.14. The summed E-state index contributed by atoms with van der Waals surface area (Å²) in [6.45, 7) is 6.09. The van der Waals surface area contributed by atoms with Crippen molar-refractivity contribution in [1.29, 1.82) is 0 Å². The van der Waals surface area contributed by atoms with Gasteiger partial charge in [0.05, 0.1) is 10.6 Å². The van der Waals surface area contributed by atoms with Crippen molar-refractivity contribution < 1.29 is 14.3 Å². The van der Waals surface area contributed by atoms with Gasteiger partial charge in [-0.2, -0.15) is 0 Å². The molecule has 1 heterocycles. The molecule has 0 aliphatic carbocycles. The number of amides is 1. The van der Waals surface area contributed by atoms with Gasteiger partial charge >= 0.3 is 0 Å². The number of benzene rings is 2. The molecule has 1 aliphatic heterocycles. The Balaban J connectivity index is 0.00000155. The van der Waals surface area contributed by atoms with Crippen LogP contribution in [0.2, 0.25) is 0 Å². The first kappa shape index (κ1) is 23.6. The molecule has 2 aromatic carbocycles. The van der Waals surface area contributed by atoms with Crippen molar-refractivity contribution in [2.24, 2.45) is 0 Å². The van der Waals surface area contributed by atoms with E-state index in [1.807, 2.05) is 50.1 Å². The molecule has 1 N–H and O–H groups in total. The number of rotatable bonds is 7. The number of aryl methyl sites for hydroxylation is 1. The first-order valence-electron chi connectivity index (χ1n) is 9.80. The summed E-state index contributed by atoms with van der Waals surface area (Å²) in [7, 11) is 1.94. The fourth-order valence-electron chi connectivity index (χ4n) is 2.80. The summed E-state index contributed by atoms with van der Waals surface area (Å²) in [5.74, 6) is 0.400. The van der Waals surface area contributed by atoms with Crippen molar-refractivity contribution in [2.45, 2.75) is 27.2 Å². The maximum atomic E-state index is 11.9. The van der Waals surface area contributed by atoms with Crippen LogP contribution in [0.5, 0.6) is 5.75 Å². The minimum atomic E-state index is -0.193. The lowest BCUT2D eigenvalue weighted by Gasteiger charge is -2.23. The number of carbonyl (C=O) groups is 2. The number of nitrogens with one attached hydrogen (secondary N) is 1. The number of aldehydes is 1. The Morgan fingerprint density at radius 2 is 1.87 bits per heavy atom. The normalized spacial score (nSPS) is 14.1. The van der Waals surface area contributed by atoms with Crippen molar-refractivity contribution in [3.05, 3.63) is 58.5 Å². The summed E-state index contributed by atoms with van der Waals surface area (Å²) in [5, 5.41) is 2.61. The first-order chi connectivity index (χ1) is 14.5. The van der Waals surface area contributed by atoms with Crippen LogP contribution in [0.15, 0.2) is 47.4 Å². The lowest BCUT2D eigenvalue weighted by molar-refractivity contribution is -0.115. The molecule has 0 unspecified atom stereocenters. The van der Waals surface area contributed by atoms with E-state index < -0.39 is 0 Å². The number of carbonyl (C=O) groups excluding carboxylic acids is 2. The second-order valence-corrected chi connectivity index (χ2v) is 7.85. The number of anilines is 2. The van der Waals surface area contributed by atoms with Gasteiger partial charge in [-0.15, -0.1) is 0 Å². The van der Waals surface area contributed by atoms with Gasteiger partial charge in [0.2, 0.25) is 0 Å². The third kappa shape index (κ3) is 5.93. The van der Waals surface area contributed by atoms with E-state index in [9.17, 15) is 9.59 Å². The second kappa shape index (κ2) is 11.5. The van der Waals surface area contributed by atoms with E-state index in [1.54, 1.807) is 12.1 Å². The molecule has 0 atom stereocenters. The lowest BCUT2D eigenvalue weighted by atomic mass is 10.1. The number of hydrogen-bond donors (Lipinski definition) is 1. The molecule has 1 fully saturated rings. The zero-order valence-electron chi connectivity index (χ0n) is 17.6. The van der Waals surface area contributed by atoms with Gasteiger partial charge < -0.3 is 15.0 Å². The smallest absolute Gasteiger partial charge is 0.263 e. The van der Waals surface area contributed by atoms with Crippen LogP contribution in [0, 0.1) is 0 Å². The molecule has 0 aromatic heterocycles. The van der Waals surface area contributed by atoms with Crippen molar-refractivity contribution in [3.63, 3.8) is 0 Å². The van der Waals surface area contributed by atoms with Gasteiger partial charge in [0.25, 0.3) is 5.91 Å². The summed E-state index contributed by atoms with van der Waals surface area (Å²) in [4.78, 5) is 25.2. The molecule has 7 heteroatoms. The Bertz CT molecular complexity index is 940.